The van der Waals surface area contributed by atoms with Crippen LogP contribution in [0.25, 0.3) is 0 Å². The molecule has 58 valence electrons. The maximum Gasteiger partial charge on any atom is 0.331 e. The fourth-order valence-electron chi connectivity index (χ4n) is 0.281. The van der Waals surface area contributed by atoms with E-state index < -0.39 is 18.5 Å². The van der Waals surface area contributed by atoms with E-state index in [1.165, 1.54) is 7.11 Å². The number of carboxylic acid groups (broad SMARTS) is 1. The molecule has 0 spiro atoms. The van der Waals surface area contributed by atoms with Gasteiger partial charge in [-0.05, 0) is 0 Å². The second-order valence-electron chi connectivity index (χ2n) is 1.46. The largest absolute Gasteiger partial charge is 0.480 e. The van der Waals surface area contributed by atoms with Gasteiger partial charge in [0.2, 0.25) is 0 Å². The fraction of sp³-hybridized carbons (Fsp3) is 0.600. The van der Waals surface area contributed by atoms with E-state index in [9.17, 15) is 9.59 Å². The van der Waals surface area contributed by atoms with Crippen molar-refractivity contribution in [3.05, 3.63) is 0 Å². The van der Waals surface area contributed by atoms with Gasteiger partial charge in [0.15, 0.2) is 0 Å². The third-order valence-corrected chi connectivity index (χ3v) is 0.673. The Morgan fingerprint density at radius 3 is 2.40 bits per heavy atom. The van der Waals surface area contributed by atoms with Gasteiger partial charge in [-0.15, -0.1) is 0 Å². The highest BCUT2D eigenvalue weighted by molar-refractivity contribution is 5.72. The van der Waals surface area contributed by atoms with Gasteiger partial charge < -0.3 is 14.6 Å². The highest BCUT2D eigenvalue weighted by Gasteiger charge is 2.01. The van der Waals surface area contributed by atoms with Gasteiger partial charge in [-0.25, -0.2) is 9.59 Å². The van der Waals surface area contributed by atoms with Crippen molar-refractivity contribution in [2.24, 2.45) is 0 Å². The molecule has 0 aliphatic carbocycles. The molecule has 5 heteroatoms. The molecule has 5 nitrogen and oxygen atoms in total. The van der Waals surface area contributed by atoms with E-state index in [1.54, 1.807) is 0 Å². The van der Waals surface area contributed by atoms with Gasteiger partial charge in [-0.2, -0.15) is 0 Å². The minimum Gasteiger partial charge on any atom is -0.480 e. The minimum absolute atomic E-state index is 0.317. The average Bonchev–Trinajstić information content (AvgIpc) is 1.87. The van der Waals surface area contributed by atoms with Crippen LogP contribution in [0.2, 0.25) is 0 Å². The van der Waals surface area contributed by atoms with Crippen LogP contribution < -0.4 is 0 Å². The second kappa shape index (κ2) is 4.75. The Bertz CT molecular complexity index is 130. The van der Waals surface area contributed by atoms with Crippen LogP contribution in [-0.2, 0) is 19.1 Å². The number of hydrogen-bond donors (Lipinski definition) is 1. The molecule has 0 aromatic rings. The maximum atomic E-state index is 10.3. The number of rotatable bonds is 4. The molecule has 10 heavy (non-hydrogen) atoms. The van der Waals surface area contributed by atoms with Crippen LogP contribution in [0.1, 0.15) is 0 Å². The molecule has 0 unspecified atom stereocenters. The molecule has 0 aromatic carbocycles. The highest BCUT2D eigenvalue weighted by Crippen LogP contribution is 1.77. The summed E-state index contributed by atoms with van der Waals surface area (Å²) in [6.07, 6.45) is 0. The molecule has 0 bridgehead atoms. The number of hydrogen-bond acceptors (Lipinski definition) is 4. The van der Waals surface area contributed by atoms with Crippen molar-refractivity contribution in [2.75, 3.05) is 20.3 Å². The summed E-state index contributed by atoms with van der Waals surface area (Å²) in [6, 6.07) is 0. The van der Waals surface area contributed by atoms with E-state index in [-0.39, 0.29) is 6.61 Å². The standard InChI is InChI=1S/C5H8O5/c1-9-5(8)3-10-2-4(6)7/h2-3H2,1H3,(H,6,7). The number of carbonyl (C=O) groups excluding carboxylic acids is 1. The summed E-state index contributed by atoms with van der Waals surface area (Å²) in [5, 5.41) is 8.02. The third kappa shape index (κ3) is 5.04. The Hall–Kier alpha value is -1.10. The van der Waals surface area contributed by atoms with Crippen molar-refractivity contribution in [3.63, 3.8) is 0 Å². The number of carboxylic acids is 1. The highest BCUT2D eigenvalue weighted by atomic mass is 16.6. The van der Waals surface area contributed by atoms with Crippen molar-refractivity contribution < 1.29 is 24.2 Å². The molecule has 1 N–H and O–H groups in total. The zero-order valence-electron chi connectivity index (χ0n) is 5.49. The van der Waals surface area contributed by atoms with E-state index >= 15 is 0 Å². The zero-order chi connectivity index (χ0) is 7.98. The molecule has 0 saturated carbocycles. The Balaban J connectivity index is 3.20. The average molecular weight is 148 g/mol. The van der Waals surface area contributed by atoms with Crippen LogP contribution in [-0.4, -0.2) is 37.4 Å². The number of carbonyl (C=O) groups is 2. The molecule has 0 saturated heterocycles. The van der Waals surface area contributed by atoms with Gasteiger partial charge in [0.25, 0.3) is 0 Å². The van der Waals surface area contributed by atoms with Crippen molar-refractivity contribution in [2.45, 2.75) is 0 Å². The number of ether oxygens (including phenoxy) is 2. The summed E-state index contributed by atoms with van der Waals surface area (Å²) in [5.41, 5.74) is 0. The van der Waals surface area contributed by atoms with Gasteiger partial charge in [-0.3, -0.25) is 0 Å². The normalized spacial score (nSPS) is 8.90. The number of esters is 1. The summed E-state index contributed by atoms with van der Waals surface area (Å²) in [5.74, 6) is -1.69. The smallest absolute Gasteiger partial charge is 0.331 e. The SMILES string of the molecule is COC(=O)COCC(=O)O. The first-order valence-electron chi connectivity index (χ1n) is 2.53. The molecule has 0 radical (unpaired) electrons. The monoisotopic (exact) mass is 148 g/mol. The van der Waals surface area contributed by atoms with E-state index in [4.69, 9.17) is 5.11 Å². The summed E-state index contributed by atoms with van der Waals surface area (Å²) in [4.78, 5) is 20.0. The van der Waals surface area contributed by atoms with Crippen molar-refractivity contribution in [1.29, 1.82) is 0 Å². The number of aliphatic carboxylic acids is 1. The first-order valence-corrected chi connectivity index (χ1v) is 2.53. The molecular formula is C5H8O5. The summed E-state index contributed by atoms with van der Waals surface area (Å²) >= 11 is 0. The Morgan fingerprint density at radius 2 is 2.00 bits per heavy atom. The summed E-state index contributed by atoms with van der Waals surface area (Å²) in [6.45, 7) is -0.794. The quantitative estimate of drug-likeness (QED) is 0.531. The molecule has 0 aromatic heterocycles. The summed E-state index contributed by atoms with van der Waals surface area (Å²) < 4.78 is 8.55. The lowest BCUT2D eigenvalue weighted by molar-refractivity contribution is -0.150. The minimum atomic E-state index is -1.11. The van der Waals surface area contributed by atoms with E-state index in [1.807, 2.05) is 0 Å². The molecule has 0 aliphatic heterocycles. The van der Waals surface area contributed by atoms with Crippen LogP contribution >= 0.6 is 0 Å². The van der Waals surface area contributed by atoms with E-state index in [2.05, 4.69) is 9.47 Å². The lowest BCUT2D eigenvalue weighted by atomic mass is 10.7. The topological polar surface area (TPSA) is 72.8 Å². The Kier molecular flexibility index (Phi) is 4.23. The van der Waals surface area contributed by atoms with Crippen molar-refractivity contribution in [3.8, 4) is 0 Å². The van der Waals surface area contributed by atoms with Crippen molar-refractivity contribution >= 4 is 11.9 Å². The van der Waals surface area contributed by atoms with Gasteiger partial charge in [-0.1, -0.05) is 0 Å². The lowest BCUT2D eigenvalue weighted by Crippen LogP contribution is -2.14. The van der Waals surface area contributed by atoms with Crippen LogP contribution in [0.15, 0.2) is 0 Å². The maximum absolute atomic E-state index is 10.3. The predicted octanol–water partition coefficient (Wildman–Crippen LogP) is -0.739. The Labute approximate surface area is 57.5 Å². The molecule has 0 atom stereocenters. The Morgan fingerprint density at radius 1 is 1.40 bits per heavy atom. The predicted molar refractivity (Wildman–Crippen MR) is 30.5 cm³/mol. The first kappa shape index (κ1) is 8.90. The molecular weight excluding hydrogens is 140 g/mol. The van der Waals surface area contributed by atoms with Crippen LogP contribution in [0.5, 0.6) is 0 Å². The van der Waals surface area contributed by atoms with Gasteiger partial charge in [0.1, 0.15) is 13.2 Å². The van der Waals surface area contributed by atoms with Crippen LogP contribution in [0.3, 0.4) is 0 Å². The lowest BCUT2D eigenvalue weighted by Gasteiger charge is -1.97. The second-order valence-corrected chi connectivity index (χ2v) is 1.46. The molecule has 0 rings (SSSR count). The first-order chi connectivity index (χ1) is 4.66. The van der Waals surface area contributed by atoms with Crippen LogP contribution in [0, 0.1) is 0 Å². The van der Waals surface area contributed by atoms with Gasteiger partial charge in [0, 0.05) is 0 Å². The van der Waals surface area contributed by atoms with Crippen LogP contribution in [0.4, 0.5) is 0 Å². The van der Waals surface area contributed by atoms with Gasteiger partial charge >= 0.3 is 11.9 Å². The molecule has 0 fully saturated rings. The molecule has 0 amide bonds. The fourth-order valence-corrected chi connectivity index (χ4v) is 0.281. The summed E-state index contributed by atoms with van der Waals surface area (Å²) in [7, 11) is 1.20. The third-order valence-electron chi connectivity index (χ3n) is 0.673. The van der Waals surface area contributed by atoms with Crippen molar-refractivity contribution in [1.82, 2.24) is 0 Å². The molecule has 0 heterocycles. The zero-order valence-corrected chi connectivity index (χ0v) is 5.49. The molecule has 0 aliphatic rings. The number of methoxy groups -OCH3 is 1. The van der Waals surface area contributed by atoms with Gasteiger partial charge in [0.05, 0.1) is 7.11 Å². The van der Waals surface area contributed by atoms with E-state index in [0.29, 0.717) is 0 Å². The van der Waals surface area contributed by atoms with E-state index in [0.717, 1.165) is 0 Å².